The molecule has 0 spiro atoms. The minimum atomic E-state index is -0.633. The highest BCUT2D eigenvalue weighted by molar-refractivity contribution is 9.10. The van der Waals surface area contributed by atoms with Crippen LogP contribution in [0.1, 0.15) is 30.0 Å². The van der Waals surface area contributed by atoms with Crippen molar-refractivity contribution in [2.45, 2.75) is 38.1 Å². The Kier molecular flexibility index (Phi) is 10.8. The zero-order valence-corrected chi connectivity index (χ0v) is 22.2. The van der Waals surface area contributed by atoms with Gasteiger partial charge >= 0.3 is 0 Å². The number of rotatable bonds is 12. The first kappa shape index (κ1) is 27.0. The molecule has 0 aliphatic rings. The second kappa shape index (κ2) is 14.0. The molecule has 2 amide bonds. The summed E-state index contributed by atoms with van der Waals surface area (Å²) in [4.78, 5) is 28.5. The molecule has 0 saturated carbocycles. The van der Waals surface area contributed by atoms with Crippen LogP contribution in [0.5, 0.6) is 0 Å². The fourth-order valence-electron chi connectivity index (χ4n) is 3.63. The van der Waals surface area contributed by atoms with Crippen molar-refractivity contribution < 1.29 is 14.0 Å². The summed E-state index contributed by atoms with van der Waals surface area (Å²) in [5.41, 5.74) is 2.90. The van der Waals surface area contributed by atoms with Gasteiger partial charge in [-0.2, -0.15) is 0 Å². The van der Waals surface area contributed by atoms with Crippen LogP contribution >= 0.6 is 27.7 Å². The molecule has 3 aromatic rings. The van der Waals surface area contributed by atoms with Crippen LogP contribution in [-0.4, -0.2) is 35.1 Å². The lowest BCUT2D eigenvalue weighted by atomic mass is 10.0. The van der Waals surface area contributed by atoms with E-state index in [-0.39, 0.29) is 23.4 Å². The molecule has 0 aliphatic heterocycles. The summed E-state index contributed by atoms with van der Waals surface area (Å²) in [6.07, 6.45) is 1.25. The highest BCUT2D eigenvalue weighted by atomic mass is 79.9. The maximum atomic E-state index is 13.5. The third-order valence-corrected chi connectivity index (χ3v) is 7.01. The van der Waals surface area contributed by atoms with Crippen LogP contribution < -0.4 is 5.32 Å². The number of amides is 2. The Labute approximate surface area is 219 Å². The van der Waals surface area contributed by atoms with Gasteiger partial charge in [-0.3, -0.25) is 9.59 Å². The molecule has 7 heteroatoms. The van der Waals surface area contributed by atoms with Gasteiger partial charge in [-0.05, 0) is 47.4 Å². The molecule has 35 heavy (non-hydrogen) atoms. The van der Waals surface area contributed by atoms with Crippen LogP contribution in [0.25, 0.3) is 0 Å². The highest BCUT2D eigenvalue weighted by Gasteiger charge is 2.30. The Balaban J connectivity index is 1.81. The Morgan fingerprint density at radius 3 is 2.26 bits per heavy atom. The van der Waals surface area contributed by atoms with Gasteiger partial charge < -0.3 is 10.2 Å². The van der Waals surface area contributed by atoms with E-state index in [9.17, 15) is 14.0 Å². The number of carbonyl (C=O) groups is 2. The molecule has 0 bridgehead atoms. The van der Waals surface area contributed by atoms with Crippen LogP contribution in [0, 0.1) is 5.82 Å². The Hall–Kier alpha value is -2.64. The third kappa shape index (κ3) is 8.82. The average Bonchev–Trinajstić information content (AvgIpc) is 2.87. The van der Waals surface area contributed by atoms with Crippen LogP contribution in [-0.2, 0) is 28.3 Å². The highest BCUT2D eigenvalue weighted by Crippen LogP contribution is 2.20. The number of benzene rings is 3. The van der Waals surface area contributed by atoms with Crippen LogP contribution in [0.3, 0.4) is 0 Å². The van der Waals surface area contributed by atoms with Crippen LogP contribution in [0.15, 0.2) is 83.3 Å². The lowest BCUT2D eigenvalue weighted by molar-refractivity contribution is -0.139. The van der Waals surface area contributed by atoms with E-state index in [4.69, 9.17) is 0 Å². The minimum Gasteiger partial charge on any atom is -0.354 e. The van der Waals surface area contributed by atoms with E-state index in [0.29, 0.717) is 25.3 Å². The summed E-state index contributed by atoms with van der Waals surface area (Å²) in [5, 5.41) is 2.99. The summed E-state index contributed by atoms with van der Waals surface area (Å²) < 4.78 is 14.2. The van der Waals surface area contributed by atoms with Crippen molar-refractivity contribution in [3.05, 3.63) is 106 Å². The van der Waals surface area contributed by atoms with Crippen LogP contribution in [0.2, 0.25) is 0 Å². The Morgan fingerprint density at radius 1 is 0.943 bits per heavy atom. The smallest absolute Gasteiger partial charge is 0.243 e. The second-order valence-corrected chi connectivity index (χ2v) is 10.2. The zero-order valence-electron chi connectivity index (χ0n) is 19.8. The zero-order chi connectivity index (χ0) is 25.0. The first-order chi connectivity index (χ1) is 17.0. The summed E-state index contributed by atoms with van der Waals surface area (Å²) in [7, 11) is 0. The monoisotopic (exact) mass is 556 g/mol. The Morgan fingerprint density at radius 2 is 1.60 bits per heavy atom. The standard InChI is InChI=1S/C28H30BrFN2O2S/c1-2-16-31-28(34)26(17-21-6-4-3-5-7-21)32(18-22-8-12-24(29)13-9-22)27(33)20-35-19-23-10-14-25(30)15-11-23/h3-15,26H,2,16-20H2,1H3,(H,31,34). The number of halogens is 2. The number of nitrogens with zero attached hydrogens (tertiary/aromatic N) is 1. The number of nitrogens with one attached hydrogen (secondary N) is 1. The minimum absolute atomic E-state index is 0.104. The number of carbonyl (C=O) groups excluding carboxylic acids is 2. The van der Waals surface area contributed by atoms with Gasteiger partial charge in [0.25, 0.3) is 0 Å². The number of hydrogen-bond donors (Lipinski definition) is 1. The van der Waals surface area contributed by atoms with E-state index in [1.165, 1.54) is 23.9 Å². The molecular formula is C28H30BrFN2O2S. The molecule has 184 valence electrons. The molecule has 3 aromatic carbocycles. The van der Waals surface area contributed by atoms with E-state index in [1.54, 1.807) is 17.0 Å². The quantitative estimate of drug-likeness (QED) is 0.298. The van der Waals surface area contributed by atoms with Crippen molar-refractivity contribution in [2.75, 3.05) is 12.3 Å². The van der Waals surface area contributed by atoms with Crippen molar-refractivity contribution in [1.82, 2.24) is 10.2 Å². The molecule has 4 nitrogen and oxygen atoms in total. The molecule has 1 atom stereocenters. The van der Waals surface area contributed by atoms with Crippen molar-refractivity contribution in [3.63, 3.8) is 0 Å². The van der Waals surface area contributed by atoms with Gasteiger partial charge in [0.05, 0.1) is 5.75 Å². The summed E-state index contributed by atoms with van der Waals surface area (Å²) >= 11 is 4.92. The first-order valence-corrected chi connectivity index (χ1v) is 13.6. The molecule has 0 saturated heterocycles. The maximum Gasteiger partial charge on any atom is 0.243 e. The lowest BCUT2D eigenvalue weighted by Gasteiger charge is -2.31. The largest absolute Gasteiger partial charge is 0.354 e. The molecule has 1 N–H and O–H groups in total. The third-order valence-electron chi connectivity index (χ3n) is 5.49. The van der Waals surface area contributed by atoms with E-state index in [1.807, 2.05) is 61.5 Å². The van der Waals surface area contributed by atoms with Crippen molar-refractivity contribution in [1.29, 1.82) is 0 Å². The van der Waals surface area contributed by atoms with Gasteiger partial charge in [0, 0.05) is 29.7 Å². The summed E-state index contributed by atoms with van der Waals surface area (Å²) in [6, 6.07) is 23.2. The normalized spacial score (nSPS) is 11.6. The van der Waals surface area contributed by atoms with E-state index in [0.717, 1.165) is 27.6 Å². The van der Waals surface area contributed by atoms with E-state index >= 15 is 0 Å². The summed E-state index contributed by atoms with van der Waals surface area (Å²) in [5.74, 6) is 0.277. The number of hydrogen-bond acceptors (Lipinski definition) is 3. The van der Waals surface area contributed by atoms with Gasteiger partial charge in [0.1, 0.15) is 11.9 Å². The molecular weight excluding hydrogens is 527 g/mol. The molecule has 0 aromatic heterocycles. The fraction of sp³-hybridized carbons (Fsp3) is 0.286. The van der Waals surface area contributed by atoms with Crippen molar-refractivity contribution in [3.8, 4) is 0 Å². The predicted molar refractivity (Wildman–Crippen MR) is 144 cm³/mol. The Bertz CT molecular complexity index is 1080. The van der Waals surface area contributed by atoms with Gasteiger partial charge in [-0.1, -0.05) is 77.5 Å². The average molecular weight is 558 g/mol. The molecule has 0 heterocycles. The van der Waals surface area contributed by atoms with Crippen LogP contribution in [0.4, 0.5) is 4.39 Å². The van der Waals surface area contributed by atoms with Gasteiger partial charge in [-0.15, -0.1) is 11.8 Å². The fourth-order valence-corrected chi connectivity index (χ4v) is 4.76. The topological polar surface area (TPSA) is 49.4 Å². The molecule has 0 aliphatic carbocycles. The van der Waals surface area contributed by atoms with Gasteiger partial charge in [-0.25, -0.2) is 4.39 Å². The number of thioether (sulfide) groups is 1. The molecule has 0 fully saturated rings. The molecule has 3 rings (SSSR count). The SMILES string of the molecule is CCCNC(=O)C(Cc1ccccc1)N(Cc1ccc(Br)cc1)C(=O)CSCc1ccc(F)cc1. The van der Waals surface area contributed by atoms with E-state index < -0.39 is 6.04 Å². The summed E-state index contributed by atoms with van der Waals surface area (Å²) in [6.45, 7) is 2.90. The molecule has 0 radical (unpaired) electrons. The van der Waals surface area contributed by atoms with Gasteiger partial charge in [0.2, 0.25) is 11.8 Å². The lowest BCUT2D eigenvalue weighted by Crippen LogP contribution is -2.51. The first-order valence-electron chi connectivity index (χ1n) is 11.6. The van der Waals surface area contributed by atoms with Crippen molar-refractivity contribution in [2.24, 2.45) is 0 Å². The van der Waals surface area contributed by atoms with E-state index in [2.05, 4.69) is 21.2 Å². The van der Waals surface area contributed by atoms with Gasteiger partial charge in [0.15, 0.2) is 0 Å². The second-order valence-electron chi connectivity index (χ2n) is 8.26. The molecule has 1 unspecified atom stereocenters. The maximum absolute atomic E-state index is 13.5. The van der Waals surface area contributed by atoms with Crippen molar-refractivity contribution >= 4 is 39.5 Å². The predicted octanol–water partition coefficient (Wildman–Crippen LogP) is 5.99.